The van der Waals surface area contributed by atoms with Crippen molar-refractivity contribution in [2.45, 2.75) is 167 Å². The van der Waals surface area contributed by atoms with Crippen LogP contribution in [0.25, 0.3) is 0 Å². The lowest BCUT2D eigenvalue weighted by Gasteiger charge is -2.12. The summed E-state index contributed by atoms with van der Waals surface area (Å²) < 4.78 is 9.67. The molecule has 0 spiro atoms. The zero-order valence-electron chi connectivity index (χ0n) is 23.7. The third kappa shape index (κ3) is 25.9. The van der Waals surface area contributed by atoms with Crippen molar-refractivity contribution in [2.24, 2.45) is 0 Å². The van der Waals surface area contributed by atoms with Gasteiger partial charge in [-0.1, -0.05) is 135 Å². The lowest BCUT2D eigenvalue weighted by atomic mass is 10.0. The molecule has 0 aliphatic carbocycles. The van der Waals surface area contributed by atoms with Gasteiger partial charge in [0.1, 0.15) is 25.4 Å². The van der Waals surface area contributed by atoms with Gasteiger partial charge in [0.2, 0.25) is 0 Å². The van der Waals surface area contributed by atoms with Crippen LogP contribution in [-0.4, -0.2) is 47.6 Å². The quantitative estimate of drug-likeness (QED) is 0.0875. The Morgan fingerprint density at radius 1 is 0.556 bits per heavy atom. The summed E-state index contributed by atoms with van der Waals surface area (Å²) in [4.78, 5) is 22.8. The number of esters is 2. The van der Waals surface area contributed by atoms with E-state index < -0.39 is 18.2 Å². The van der Waals surface area contributed by atoms with E-state index in [0.717, 1.165) is 19.3 Å². The monoisotopic (exact) mass is 514 g/mol. The molecule has 0 bridgehead atoms. The second kappa shape index (κ2) is 26.9. The first-order valence-corrected chi connectivity index (χ1v) is 15.2. The van der Waals surface area contributed by atoms with Gasteiger partial charge in [-0.05, 0) is 13.3 Å². The number of hydrogen-bond donors (Lipinski definition) is 2. The summed E-state index contributed by atoms with van der Waals surface area (Å²) in [5.41, 5.74) is 0. The number of aliphatic hydroxyl groups excluding tert-OH is 2. The van der Waals surface area contributed by atoms with Crippen LogP contribution in [0.15, 0.2) is 0 Å². The van der Waals surface area contributed by atoms with Crippen molar-refractivity contribution in [3.63, 3.8) is 0 Å². The summed E-state index contributed by atoms with van der Waals surface area (Å²) in [6, 6.07) is 0. The molecule has 0 radical (unpaired) electrons. The number of rotatable bonds is 27. The van der Waals surface area contributed by atoms with Crippen molar-refractivity contribution in [3.8, 4) is 0 Å². The van der Waals surface area contributed by atoms with Crippen LogP contribution in [0.1, 0.15) is 155 Å². The molecule has 0 amide bonds. The van der Waals surface area contributed by atoms with Gasteiger partial charge in [-0.25, -0.2) is 4.79 Å². The van der Waals surface area contributed by atoms with E-state index in [9.17, 15) is 14.7 Å². The Morgan fingerprint density at radius 3 is 1.25 bits per heavy atom. The van der Waals surface area contributed by atoms with Crippen molar-refractivity contribution >= 4 is 11.9 Å². The highest BCUT2D eigenvalue weighted by molar-refractivity contribution is 5.73. The Labute approximate surface area is 221 Å². The molecule has 0 rings (SSSR count). The van der Waals surface area contributed by atoms with E-state index >= 15 is 0 Å². The standard InChI is InChI=1S/C30H58O6/c1-3-4-5-6-7-8-9-10-11-12-13-14-15-16-17-18-19-20-21-22-23-24-29(33)35-25-28(32)26-36-30(34)27(2)31/h27-28,31-32H,3-26H2,1-2H3. The van der Waals surface area contributed by atoms with Crippen LogP contribution in [0.4, 0.5) is 0 Å². The van der Waals surface area contributed by atoms with E-state index in [1.165, 1.54) is 122 Å². The largest absolute Gasteiger partial charge is 0.463 e. The van der Waals surface area contributed by atoms with Gasteiger partial charge in [0.15, 0.2) is 0 Å². The van der Waals surface area contributed by atoms with Gasteiger partial charge >= 0.3 is 11.9 Å². The van der Waals surface area contributed by atoms with Crippen LogP contribution in [-0.2, 0) is 19.1 Å². The zero-order valence-corrected chi connectivity index (χ0v) is 23.7. The summed E-state index contributed by atoms with van der Waals surface area (Å²) in [5, 5.41) is 18.6. The van der Waals surface area contributed by atoms with Gasteiger partial charge in [0.05, 0.1) is 0 Å². The van der Waals surface area contributed by atoms with Crippen LogP contribution in [0.5, 0.6) is 0 Å². The lowest BCUT2D eigenvalue weighted by molar-refractivity contribution is -0.158. The van der Waals surface area contributed by atoms with Crippen LogP contribution < -0.4 is 0 Å². The molecule has 214 valence electrons. The van der Waals surface area contributed by atoms with Crippen molar-refractivity contribution in [1.29, 1.82) is 0 Å². The Balaban J connectivity index is 3.25. The highest BCUT2D eigenvalue weighted by Crippen LogP contribution is 2.15. The molecular weight excluding hydrogens is 456 g/mol. The number of carbonyl (C=O) groups is 2. The number of ether oxygens (including phenoxy) is 2. The number of hydrogen-bond acceptors (Lipinski definition) is 6. The van der Waals surface area contributed by atoms with Gasteiger partial charge in [0.25, 0.3) is 0 Å². The summed E-state index contributed by atoms with van der Waals surface area (Å²) in [6.07, 6.45) is 25.9. The topological polar surface area (TPSA) is 93.1 Å². The third-order valence-electron chi connectivity index (χ3n) is 6.68. The Bertz CT molecular complexity index is 494. The number of carbonyl (C=O) groups excluding carboxylic acids is 2. The molecule has 0 aromatic carbocycles. The SMILES string of the molecule is CCCCCCCCCCCCCCCCCCCCCCCC(=O)OCC(O)COC(=O)C(C)O. The maximum Gasteiger partial charge on any atom is 0.334 e. The first kappa shape index (κ1) is 34.9. The fraction of sp³-hybridized carbons (Fsp3) is 0.933. The Kier molecular flexibility index (Phi) is 26.1. The molecule has 0 heterocycles. The molecule has 0 saturated carbocycles. The van der Waals surface area contributed by atoms with Crippen LogP contribution in [0.3, 0.4) is 0 Å². The molecule has 6 heteroatoms. The summed E-state index contributed by atoms with van der Waals surface area (Å²) in [5.74, 6) is -1.14. The molecule has 2 unspecified atom stereocenters. The second-order valence-electron chi connectivity index (χ2n) is 10.5. The maximum absolute atomic E-state index is 11.7. The molecular formula is C30H58O6. The molecule has 2 atom stereocenters. The molecule has 2 N–H and O–H groups in total. The van der Waals surface area contributed by atoms with E-state index in [-0.39, 0.29) is 19.2 Å². The highest BCUT2D eigenvalue weighted by Gasteiger charge is 2.14. The van der Waals surface area contributed by atoms with Gasteiger partial charge in [-0.2, -0.15) is 0 Å². The molecule has 36 heavy (non-hydrogen) atoms. The lowest BCUT2D eigenvalue weighted by Crippen LogP contribution is -2.28. The minimum atomic E-state index is -1.23. The molecule has 0 aromatic rings. The van der Waals surface area contributed by atoms with Gasteiger partial charge in [-0.3, -0.25) is 4.79 Å². The van der Waals surface area contributed by atoms with E-state index in [4.69, 9.17) is 9.84 Å². The predicted octanol–water partition coefficient (Wildman–Crippen LogP) is 7.42. The smallest absolute Gasteiger partial charge is 0.334 e. The van der Waals surface area contributed by atoms with Crippen molar-refractivity contribution < 1.29 is 29.3 Å². The third-order valence-corrected chi connectivity index (χ3v) is 6.68. The zero-order chi connectivity index (χ0) is 26.7. The van der Waals surface area contributed by atoms with E-state index in [1.54, 1.807) is 0 Å². The van der Waals surface area contributed by atoms with Gasteiger partial charge in [0, 0.05) is 6.42 Å². The summed E-state index contributed by atoms with van der Waals surface area (Å²) >= 11 is 0. The van der Waals surface area contributed by atoms with Crippen LogP contribution in [0, 0.1) is 0 Å². The fourth-order valence-corrected chi connectivity index (χ4v) is 4.31. The fourth-order valence-electron chi connectivity index (χ4n) is 4.31. The van der Waals surface area contributed by atoms with E-state index in [2.05, 4.69) is 11.7 Å². The average molecular weight is 515 g/mol. The Hall–Kier alpha value is -1.14. The van der Waals surface area contributed by atoms with Crippen molar-refractivity contribution in [3.05, 3.63) is 0 Å². The average Bonchev–Trinajstić information content (AvgIpc) is 2.86. The molecule has 6 nitrogen and oxygen atoms in total. The van der Waals surface area contributed by atoms with E-state index in [0.29, 0.717) is 6.42 Å². The normalized spacial score (nSPS) is 12.9. The molecule has 0 aromatic heterocycles. The minimum Gasteiger partial charge on any atom is -0.463 e. The second-order valence-corrected chi connectivity index (χ2v) is 10.5. The first-order chi connectivity index (χ1) is 17.5. The molecule has 0 aliphatic rings. The van der Waals surface area contributed by atoms with E-state index in [1.807, 2.05) is 0 Å². The number of aliphatic hydroxyl groups is 2. The Morgan fingerprint density at radius 2 is 0.889 bits per heavy atom. The predicted molar refractivity (Wildman–Crippen MR) is 147 cm³/mol. The molecule has 0 fully saturated rings. The van der Waals surface area contributed by atoms with Gasteiger partial charge in [-0.15, -0.1) is 0 Å². The van der Waals surface area contributed by atoms with Crippen molar-refractivity contribution in [2.75, 3.05) is 13.2 Å². The van der Waals surface area contributed by atoms with Crippen molar-refractivity contribution in [1.82, 2.24) is 0 Å². The van der Waals surface area contributed by atoms with Crippen LogP contribution >= 0.6 is 0 Å². The highest BCUT2D eigenvalue weighted by atomic mass is 16.6. The number of unbranched alkanes of at least 4 members (excludes halogenated alkanes) is 20. The first-order valence-electron chi connectivity index (χ1n) is 15.2. The summed E-state index contributed by atoms with van der Waals surface area (Å²) in [6.45, 7) is 3.07. The van der Waals surface area contributed by atoms with Gasteiger partial charge < -0.3 is 19.7 Å². The minimum absolute atomic E-state index is 0.203. The maximum atomic E-state index is 11.7. The molecule has 0 aliphatic heterocycles. The summed E-state index contributed by atoms with van der Waals surface area (Å²) in [7, 11) is 0. The molecule has 0 saturated heterocycles. The van der Waals surface area contributed by atoms with Crippen LogP contribution in [0.2, 0.25) is 0 Å².